The number of hydrogen-bond acceptors (Lipinski definition) is 1. The molecule has 0 spiro atoms. The molecular weight excluding hydrogens is 318 g/mol. The van der Waals surface area contributed by atoms with E-state index in [-0.39, 0.29) is 0 Å². The number of phenols is 1. The SMILES string of the molecule is FC(F)(F)CC(F)(F)F.Oc1ccc(Br)cc1. The molecule has 0 aliphatic heterocycles. The Morgan fingerprint density at radius 3 is 1.41 bits per heavy atom. The highest BCUT2D eigenvalue weighted by atomic mass is 79.9. The number of benzene rings is 1. The summed E-state index contributed by atoms with van der Waals surface area (Å²) in [6.45, 7) is 0. The first kappa shape index (κ1) is 16.1. The number of rotatable bonds is 0. The van der Waals surface area contributed by atoms with Gasteiger partial charge in [0.15, 0.2) is 0 Å². The van der Waals surface area contributed by atoms with Crippen molar-refractivity contribution in [3.63, 3.8) is 0 Å². The van der Waals surface area contributed by atoms with Gasteiger partial charge in [0.05, 0.1) is 0 Å². The van der Waals surface area contributed by atoms with Crippen LogP contribution in [0.5, 0.6) is 5.75 Å². The fraction of sp³-hybridized carbons (Fsp3) is 0.333. The van der Waals surface area contributed by atoms with E-state index < -0.39 is 18.8 Å². The van der Waals surface area contributed by atoms with Gasteiger partial charge in [-0.3, -0.25) is 0 Å². The second kappa shape index (κ2) is 6.13. The van der Waals surface area contributed by atoms with Crippen molar-refractivity contribution < 1.29 is 31.4 Å². The molecule has 0 heterocycles. The maximum absolute atomic E-state index is 10.8. The van der Waals surface area contributed by atoms with E-state index in [1.54, 1.807) is 24.3 Å². The first-order valence-corrected chi connectivity index (χ1v) is 4.87. The summed E-state index contributed by atoms with van der Waals surface area (Å²) in [5.74, 6) is 0.299. The lowest BCUT2D eigenvalue weighted by Gasteiger charge is -2.08. The molecule has 0 saturated heterocycles. The van der Waals surface area contributed by atoms with Gasteiger partial charge in [0, 0.05) is 4.47 Å². The summed E-state index contributed by atoms with van der Waals surface area (Å²) in [5, 5.41) is 8.74. The van der Waals surface area contributed by atoms with E-state index in [1.807, 2.05) is 0 Å². The van der Waals surface area contributed by atoms with Crippen molar-refractivity contribution in [3.05, 3.63) is 28.7 Å². The van der Waals surface area contributed by atoms with Crippen LogP contribution >= 0.6 is 15.9 Å². The second-order valence-corrected chi connectivity index (χ2v) is 3.80. The Morgan fingerprint density at radius 2 is 1.24 bits per heavy atom. The molecule has 0 saturated carbocycles. The Bertz CT molecular complexity index is 296. The van der Waals surface area contributed by atoms with E-state index in [2.05, 4.69) is 15.9 Å². The van der Waals surface area contributed by atoms with Crippen LogP contribution in [0.2, 0.25) is 0 Å². The molecule has 0 fully saturated rings. The Kier molecular flexibility index (Phi) is 5.80. The van der Waals surface area contributed by atoms with E-state index in [0.717, 1.165) is 4.47 Å². The van der Waals surface area contributed by atoms with Crippen LogP contribution < -0.4 is 0 Å². The third-order valence-corrected chi connectivity index (χ3v) is 1.76. The van der Waals surface area contributed by atoms with Crippen molar-refractivity contribution in [3.8, 4) is 5.75 Å². The summed E-state index contributed by atoms with van der Waals surface area (Å²) in [6, 6.07) is 6.83. The van der Waals surface area contributed by atoms with Crippen molar-refractivity contribution in [2.75, 3.05) is 0 Å². The molecule has 98 valence electrons. The quantitative estimate of drug-likeness (QED) is 0.688. The molecule has 0 aliphatic rings. The zero-order valence-electron chi connectivity index (χ0n) is 8.11. The van der Waals surface area contributed by atoms with Crippen LogP contribution in [0.3, 0.4) is 0 Å². The van der Waals surface area contributed by atoms with Gasteiger partial charge >= 0.3 is 12.4 Å². The Balaban J connectivity index is 0.000000302. The summed E-state index contributed by atoms with van der Waals surface area (Å²) in [5.41, 5.74) is 0. The molecule has 0 amide bonds. The summed E-state index contributed by atoms with van der Waals surface area (Å²) in [6.07, 6.45) is -13.0. The molecule has 0 radical (unpaired) electrons. The zero-order valence-corrected chi connectivity index (χ0v) is 9.70. The lowest BCUT2D eigenvalue weighted by molar-refractivity contribution is -0.232. The van der Waals surface area contributed by atoms with Crippen LogP contribution in [0.4, 0.5) is 26.3 Å². The average molecular weight is 325 g/mol. The van der Waals surface area contributed by atoms with Gasteiger partial charge in [0.2, 0.25) is 0 Å². The molecular formula is C9H7BrF6O. The first-order chi connectivity index (χ1) is 7.49. The highest BCUT2D eigenvalue weighted by Gasteiger charge is 2.43. The summed E-state index contributed by atoms with van der Waals surface area (Å²) < 4.78 is 66.0. The molecule has 1 rings (SSSR count). The minimum Gasteiger partial charge on any atom is -0.508 e. The smallest absolute Gasteiger partial charge is 0.397 e. The molecule has 1 nitrogen and oxygen atoms in total. The number of hydrogen-bond donors (Lipinski definition) is 1. The van der Waals surface area contributed by atoms with E-state index in [9.17, 15) is 26.3 Å². The average Bonchev–Trinajstić information content (AvgIpc) is 2.04. The van der Waals surface area contributed by atoms with Crippen molar-refractivity contribution in [2.24, 2.45) is 0 Å². The first-order valence-electron chi connectivity index (χ1n) is 4.07. The van der Waals surface area contributed by atoms with Gasteiger partial charge in [-0.25, -0.2) is 0 Å². The number of alkyl halides is 6. The Labute approximate surface area is 101 Å². The minimum atomic E-state index is -5.14. The molecule has 0 bridgehead atoms. The fourth-order valence-corrected chi connectivity index (χ4v) is 0.933. The van der Waals surface area contributed by atoms with Crippen molar-refractivity contribution in [2.45, 2.75) is 18.8 Å². The van der Waals surface area contributed by atoms with Crippen LogP contribution in [0, 0.1) is 0 Å². The molecule has 1 N–H and O–H groups in total. The highest BCUT2D eigenvalue weighted by molar-refractivity contribution is 9.10. The van der Waals surface area contributed by atoms with Gasteiger partial charge in [-0.15, -0.1) is 0 Å². The maximum Gasteiger partial charge on any atom is 0.397 e. The van der Waals surface area contributed by atoms with Crippen LogP contribution in [0.25, 0.3) is 0 Å². The van der Waals surface area contributed by atoms with E-state index in [0.29, 0.717) is 5.75 Å². The largest absolute Gasteiger partial charge is 0.508 e. The van der Waals surface area contributed by atoms with Crippen molar-refractivity contribution in [1.29, 1.82) is 0 Å². The third-order valence-electron chi connectivity index (χ3n) is 1.23. The van der Waals surface area contributed by atoms with Gasteiger partial charge in [-0.2, -0.15) is 26.3 Å². The topological polar surface area (TPSA) is 20.2 Å². The predicted molar refractivity (Wildman–Crippen MR) is 52.5 cm³/mol. The molecule has 1 aromatic rings. The standard InChI is InChI=1S/C6H5BrO.C3H2F6/c7-5-1-3-6(8)4-2-5;4-2(5,6)1-3(7,8)9/h1-4,8H;1H2. The Morgan fingerprint density at radius 1 is 0.882 bits per heavy atom. The predicted octanol–water partition coefficient (Wildman–Crippen LogP) is 4.66. The second-order valence-electron chi connectivity index (χ2n) is 2.88. The van der Waals surface area contributed by atoms with Crippen molar-refractivity contribution in [1.82, 2.24) is 0 Å². The van der Waals surface area contributed by atoms with E-state index in [4.69, 9.17) is 5.11 Å². The van der Waals surface area contributed by atoms with Gasteiger partial charge < -0.3 is 5.11 Å². The third kappa shape index (κ3) is 11.3. The lowest BCUT2D eigenvalue weighted by atomic mass is 10.3. The minimum absolute atomic E-state index is 0.299. The molecule has 0 aliphatic carbocycles. The van der Waals surface area contributed by atoms with Crippen LogP contribution in [-0.4, -0.2) is 17.5 Å². The van der Waals surface area contributed by atoms with E-state index in [1.165, 1.54) is 0 Å². The van der Waals surface area contributed by atoms with Gasteiger partial charge in [0.25, 0.3) is 0 Å². The van der Waals surface area contributed by atoms with Gasteiger partial charge in [-0.1, -0.05) is 15.9 Å². The summed E-state index contributed by atoms with van der Waals surface area (Å²) >= 11 is 3.23. The monoisotopic (exact) mass is 324 g/mol. The van der Waals surface area contributed by atoms with Crippen LogP contribution in [0.15, 0.2) is 28.7 Å². The van der Waals surface area contributed by atoms with E-state index >= 15 is 0 Å². The van der Waals surface area contributed by atoms with Crippen molar-refractivity contribution >= 4 is 15.9 Å². The normalized spacial score (nSPS) is 11.7. The molecule has 8 heteroatoms. The maximum atomic E-state index is 10.8. The highest BCUT2D eigenvalue weighted by Crippen LogP contribution is 2.31. The molecule has 0 aromatic heterocycles. The number of aromatic hydroxyl groups is 1. The number of phenolic OH excluding ortho intramolecular Hbond substituents is 1. The van der Waals surface area contributed by atoms with Crippen LogP contribution in [-0.2, 0) is 0 Å². The van der Waals surface area contributed by atoms with Gasteiger partial charge in [-0.05, 0) is 24.3 Å². The molecule has 0 atom stereocenters. The number of halogens is 7. The molecule has 17 heavy (non-hydrogen) atoms. The Hall–Kier alpha value is -0.920. The van der Waals surface area contributed by atoms with Gasteiger partial charge in [0.1, 0.15) is 12.2 Å². The molecule has 0 unspecified atom stereocenters. The summed E-state index contributed by atoms with van der Waals surface area (Å²) in [7, 11) is 0. The zero-order chi connectivity index (χ0) is 13.7. The van der Waals surface area contributed by atoms with Crippen LogP contribution in [0.1, 0.15) is 6.42 Å². The fourth-order valence-electron chi connectivity index (χ4n) is 0.668. The molecule has 1 aromatic carbocycles. The summed E-state index contributed by atoms with van der Waals surface area (Å²) in [4.78, 5) is 0. The lowest BCUT2D eigenvalue weighted by Crippen LogP contribution is -2.20.